The molecule has 0 fully saturated rings. The topological polar surface area (TPSA) is 67.2 Å². The van der Waals surface area contributed by atoms with Gasteiger partial charge in [0.25, 0.3) is 5.91 Å². The van der Waals surface area contributed by atoms with Crippen LogP contribution in [0.3, 0.4) is 0 Å². The molecule has 4 N–H and O–H groups in total. The first kappa shape index (κ1) is 15.3. The lowest BCUT2D eigenvalue weighted by Gasteiger charge is -2.13. The summed E-state index contributed by atoms with van der Waals surface area (Å²) in [4.78, 5) is 11.7. The van der Waals surface area contributed by atoms with Gasteiger partial charge in [-0.3, -0.25) is 10.2 Å². The van der Waals surface area contributed by atoms with Crippen molar-refractivity contribution >= 4 is 39.1 Å². The summed E-state index contributed by atoms with van der Waals surface area (Å²) in [5.74, 6) is 4.80. The first-order valence-electron chi connectivity index (χ1n) is 5.84. The van der Waals surface area contributed by atoms with Gasteiger partial charge in [-0.2, -0.15) is 0 Å². The quantitative estimate of drug-likeness (QED) is 0.323. The number of benzene rings is 1. The Kier molecular flexibility index (Phi) is 6.46. The van der Waals surface area contributed by atoms with Crippen molar-refractivity contribution in [3.05, 3.63) is 27.2 Å². The molecule has 0 radical (unpaired) electrons. The number of hydrogen-bond donors (Lipinski definition) is 3. The SMILES string of the molecule is CCCCCNc1c(Cl)cc(Br)cc1C(=O)NN. The summed E-state index contributed by atoms with van der Waals surface area (Å²) in [7, 11) is 0. The van der Waals surface area contributed by atoms with Crippen molar-refractivity contribution in [1.29, 1.82) is 0 Å². The highest BCUT2D eigenvalue weighted by molar-refractivity contribution is 9.10. The minimum atomic E-state index is -0.365. The van der Waals surface area contributed by atoms with Crippen molar-refractivity contribution in [3.8, 4) is 0 Å². The Morgan fingerprint density at radius 1 is 1.44 bits per heavy atom. The zero-order chi connectivity index (χ0) is 13.5. The van der Waals surface area contributed by atoms with Crippen LogP contribution >= 0.6 is 27.5 Å². The Morgan fingerprint density at radius 3 is 2.78 bits per heavy atom. The fraction of sp³-hybridized carbons (Fsp3) is 0.417. The highest BCUT2D eigenvalue weighted by Crippen LogP contribution is 2.30. The number of anilines is 1. The van der Waals surface area contributed by atoms with Crippen LogP contribution in [0.5, 0.6) is 0 Å². The predicted octanol–water partition coefficient (Wildman–Crippen LogP) is 3.31. The Hall–Kier alpha value is -0.780. The third-order valence-electron chi connectivity index (χ3n) is 2.51. The van der Waals surface area contributed by atoms with E-state index >= 15 is 0 Å². The highest BCUT2D eigenvalue weighted by Gasteiger charge is 2.14. The average molecular weight is 335 g/mol. The van der Waals surface area contributed by atoms with Crippen LogP contribution < -0.4 is 16.6 Å². The lowest BCUT2D eigenvalue weighted by molar-refractivity contribution is 0.0954. The predicted molar refractivity (Wildman–Crippen MR) is 78.8 cm³/mol. The fourth-order valence-electron chi connectivity index (χ4n) is 1.60. The number of hydrogen-bond acceptors (Lipinski definition) is 3. The van der Waals surface area contributed by atoms with Crippen molar-refractivity contribution in [2.75, 3.05) is 11.9 Å². The van der Waals surface area contributed by atoms with Gasteiger partial charge >= 0.3 is 0 Å². The maximum absolute atomic E-state index is 11.7. The van der Waals surface area contributed by atoms with Crippen molar-refractivity contribution in [3.63, 3.8) is 0 Å². The van der Waals surface area contributed by atoms with Crippen LogP contribution in [0.1, 0.15) is 36.5 Å². The van der Waals surface area contributed by atoms with Crippen LogP contribution in [0.4, 0.5) is 5.69 Å². The molecule has 0 spiro atoms. The molecule has 1 aromatic carbocycles. The third kappa shape index (κ3) is 4.15. The number of nitrogens with one attached hydrogen (secondary N) is 2. The van der Waals surface area contributed by atoms with Crippen LogP contribution in [-0.4, -0.2) is 12.5 Å². The van der Waals surface area contributed by atoms with Crippen molar-refractivity contribution in [2.45, 2.75) is 26.2 Å². The van der Waals surface area contributed by atoms with Crippen LogP contribution in [0.15, 0.2) is 16.6 Å². The van der Waals surface area contributed by atoms with E-state index in [4.69, 9.17) is 17.4 Å². The second-order valence-electron chi connectivity index (χ2n) is 3.92. The summed E-state index contributed by atoms with van der Waals surface area (Å²) < 4.78 is 0.741. The molecule has 1 amide bonds. The molecular weight excluding hydrogens is 318 g/mol. The van der Waals surface area contributed by atoms with Crippen LogP contribution in [0.2, 0.25) is 5.02 Å². The zero-order valence-corrected chi connectivity index (χ0v) is 12.6. The standard InChI is InChI=1S/C12H17BrClN3O/c1-2-3-4-5-16-11-9(12(18)17-15)6-8(13)7-10(11)14/h6-7,16H,2-5,15H2,1H3,(H,17,18). The van der Waals surface area contributed by atoms with E-state index in [1.54, 1.807) is 12.1 Å². The first-order valence-corrected chi connectivity index (χ1v) is 7.01. The van der Waals surface area contributed by atoms with Gasteiger partial charge in [0.05, 0.1) is 16.3 Å². The molecule has 0 atom stereocenters. The second-order valence-corrected chi connectivity index (χ2v) is 5.24. The summed E-state index contributed by atoms with van der Waals surface area (Å²) in [6.45, 7) is 2.92. The van der Waals surface area contributed by atoms with Gasteiger partial charge in [0.15, 0.2) is 0 Å². The molecule has 0 aromatic heterocycles. The van der Waals surface area contributed by atoms with Crippen molar-refractivity contribution in [1.82, 2.24) is 5.43 Å². The molecule has 0 heterocycles. The van der Waals surface area contributed by atoms with E-state index in [9.17, 15) is 4.79 Å². The number of rotatable bonds is 6. The minimum Gasteiger partial charge on any atom is -0.383 e. The van der Waals surface area contributed by atoms with Gasteiger partial charge in [-0.05, 0) is 18.6 Å². The van der Waals surface area contributed by atoms with Crippen molar-refractivity contribution < 1.29 is 4.79 Å². The van der Waals surface area contributed by atoms with Crippen LogP contribution in [0.25, 0.3) is 0 Å². The highest BCUT2D eigenvalue weighted by atomic mass is 79.9. The van der Waals surface area contributed by atoms with Crippen LogP contribution in [0, 0.1) is 0 Å². The number of nitrogens with two attached hydrogens (primary N) is 1. The molecule has 6 heteroatoms. The Balaban J connectivity index is 2.90. The normalized spacial score (nSPS) is 10.2. The monoisotopic (exact) mass is 333 g/mol. The van der Waals surface area contributed by atoms with E-state index in [1.807, 2.05) is 0 Å². The molecule has 100 valence electrons. The van der Waals surface area contributed by atoms with E-state index < -0.39 is 0 Å². The van der Waals surface area contributed by atoms with E-state index in [-0.39, 0.29) is 5.91 Å². The molecule has 18 heavy (non-hydrogen) atoms. The zero-order valence-electron chi connectivity index (χ0n) is 10.2. The van der Waals surface area contributed by atoms with Crippen molar-refractivity contribution in [2.24, 2.45) is 5.84 Å². The molecule has 4 nitrogen and oxygen atoms in total. The van der Waals surface area contributed by atoms with Gasteiger partial charge in [0, 0.05) is 11.0 Å². The molecular formula is C12H17BrClN3O. The van der Waals surface area contributed by atoms with E-state index in [1.165, 1.54) is 0 Å². The summed E-state index contributed by atoms with van der Waals surface area (Å²) in [6, 6.07) is 3.44. The summed E-state index contributed by atoms with van der Waals surface area (Å²) in [6.07, 6.45) is 3.32. The number of halogens is 2. The smallest absolute Gasteiger partial charge is 0.267 e. The van der Waals surface area contributed by atoms with Gasteiger partial charge in [-0.1, -0.05) is 47.3 Å². The molecule has 0 bridgehead atoms. The lowest BCUT2D eigenvalue weighted by atomic mass is 10.1. The molecule has 0 unspecified atom stereocenters. The summed E-state index contributed by atoms with van der Waals surface area (Å²) in [5, 5.41) is 3.69. The second kappa shape index (κ2) is 7.61. The van der Waals surface area contributed by atoms with E-state index in [0.717, 1.165) is 30.3 Å². The molecule has 0 aliphatic rings. The Labute approximate surface area is 120 Å². The van der Waals surface area contributed by atoms with E-state index in [2.05, 4.69) is 33.6 Å². The summed E-state index contributed by atoms with van der Waals surface area (Å²) in [5.41, 5.74) is 3.18. The molecule has 0 aliphatic heterocycles. The van der Waals surface area contributed by atoms with Gasteiger partial charge < -0.3 is 5.32 Å². The minimum absolute atomic E-state index is 0.365. The molecule has 1 aromatic rings. The first-order chi connectivity index (χ1) is 8.60. The number of unbranched alkanes of at least 4 members (excludes halogenated alkanes) is 2. The van der Waals surface area contributed by atoms with Gasteiger partial charge in [-0.25, -0.2) is 5.84 Å². The fourth-order valence-corrected chi connectivity index (χ4v) is 2.47. The van der Waals surface area contributed by atoms with Gasteiger partial charge in [-0.15, -0.1) is 0 Å². The van der Waals surface area contributed by atoms with Crippen LogP contribution in [-0.2, 0) is 0 Å². The largest absolute Gasteiger partial charge is 0.383 e. The third-order valence-corrected chi connectivity index (χ3v) is 3.27. The Bertz CT molecular complexity index is 426. The maximum Gasteiger partial charge on any atom is 0.267 e. The molecule has 1 rings (SSSR count). The average Bonchev–Trinajstić information content (AvgIpc) is 2.35. The number of hydrazine groups is 1. The molecule has 0 aliphatic carbocycles. The van der Waals surface area contributed by atoms with E-state index in [0.29, 0.717) is 16.3 Å². The van der Waals surface area contributed by atoms with Gasteiger partial charge in [0.2, 0.25) is 0 Å². The molecule has 0 saturated carbocycles. The molecule has 0 saturated heterocycles. The number of carbonyl (C=O) groups excluding carboxylic acids is 1. The van der Waals surface area contributed by atoms with Gasteiger partial charge in [0.1, 0.15) is 0 Å². The summed E-state index contributed by atoms with van der Waals surface area (Å²) >= 11 is 9.44. The number of amides is 1. The lowest BCUT2D eigenvalue weighted by Crippen LogP contribution is -2.30. The Morgan fingerprint density at radius 2 is 2.17 bits per heavy atom. The number of carbonyl (C=O) groups is 1. The number of nitrogen functional groups attached to an aromatic ring is 1. The maximum atomic E-state index is 11.7.